The molecular weight excluding hydrogens is 302 g/mol. The number of nitrogens with zero attached hydrogens (tertiary/aromatic N) is 1. The largest absolute Gasteiger partial charge is 0.389 e. The number of aliphatic hydroxyl groups excluding tert-OH is 1. The predicted octanol–water partition coefficient (Wildman–Crippen LogP) is 2.89. The first-order valence-corrected chi connectivity index (χ1v) is 8.24. The van der Waals surface area contributed by atoms with E-state index in [1.54, 1.807) is 0 Å². The van der Waals surface area contributed by atoms with Gasteiger partial charge in [0.1, 0.15) is 0 Å². The Morgan fingerprint density at radius 2 is 1.86 bits per heavy atom. The van der Waals surface area contributed by atoms with Crippen LogP contribution in [0.3, 0.4) is 0 Å². The quantitative estimate of drug-likeness (QED) is 0.872. The van der Waals surface area contributed by atoms with E-state index in [9.17, 15) is 5.11 Å². The number of hydrogen-bond donors (Lipinski definition) is 1. The maximum atomic E-state index is 10.2. The number of benzene rings is 1. The van der Waals surface area contributed by atoms with Crippen molar-refractivity contribution in [2.24, 2.45) is 0 Å². The summed E-state index contributed by atoms with van der Waals surface area (Å²) in [5.74, 6) is 0. The molecule has 1 N–H and O–H groups in total. The maximum absolute atomic E-state index is 10.2. The van der Waals surface area contributed by atoms with E-state index in [4.69, 9.17) is 21.1 Å². The topological polar surface area (TPSA) is 41.9 Å². The number of halogens is 1. The van der Waals surface area contributed by atoms with Gasteiger partial charge in [-0.1, -0.05) is 23.7 Å². The molecule has 4 atom stereocenters. The van der Waals surface area contributed by atoms with Crippen molar-refractivity contribution in [3.8, 4) is 0 Å². The molecule has 0 amide bonds. The van der Waals surface area contributed by atoms with E-state index in [-0.39, 0.29) is 18.3 Å². The summed E-state index contributed by atoms with van der Waals surface area (Å²) in [7, 11) is 0. The highest BCUT2D eigenvalue weighted by molar-refractivity contribution is 6.30. The first-order chi connectivity index (χ1) is 10.4. The molecule has 5 heteroatoms. The van der Waals surface area contributed by atoms with Gasteiger partial charge < -0.3 is 14.6 Å². The normalized spacial score (nSPS) is 25.9. The standard InChI is InChI=1S/C17H26ClNO3/c1-12-8-19(9-13(2)22-12)10-17(20)11-21-14(3)15-4-6-16(18)7-5-15/h4-7,12-14,17,20H,8-11H2,1-3H3/t12-,13+,14-,17+/m1/s1. The number of hydrogen-bond acceptors (Lipinski definition) is 4. The number of β-amino-alcohol motifs (C(OH)–C–C–N with tert-alkyl or cyclic N) is 1. The van der Waals surface area contributed by atoms with Crippen LogP contribution in [-0.2, 0) is 9.47 Å². The summed E-state index contributed by atoms with van der Waals surface area (Å²) < 4.78 is 11.5. The number of morpholine rings is 1. The molecule has 1 aromatic carbocycles. The van der Waals surface area contributed by atoms with Gasteiger partial charge in [-0.3, -0.25) is 4.90 Å². The van der Waals surface area contributed by atoms with Crippen molar-refractivity contribution in [1.29, 1.82) is 0 Å². The van der Waals surface area contributed by atoms with Gasteiger partial charge in [-0.15, -0.1) is 0 Å². The average molecular weight is 328 g/mol. The molecule has 1 aliphatic rings. The fraction of sp³-hybridized carbons (Fsp3) is 0.647. The monoisotopic (exact) mass is 327 g/mol. The molecule has 1 aliphatic heterocycles. The van der Waals surface area contributed by atoms with Gasteiger partial charge in [-0.2, -0.15) is 0 Å². The first-order valence-electron chi connectivity index (χ1n) is 7.87. The second-order valence-electron chi connectivity index (χ2n) is 6.16. The third-order valence-electron chi connectivity index (χ3n) is 3.84. The smallest absolute Gasteiger partial charge is 0.0900 e. The van der Waals surface area contributed by atoms with Crippen LogP contribution in [0.2, 0.25) is 5.02 Å². The molecule has 0 aromatic heterocycles. The van der Waals surface area contributed by atoms with Crippen molar-refractivity contribution < 1.29 is 14.6 Å². The van der Waals surface area contributed by atoms with Crippen molar-refractivity contribution in [3.05, 3.63) is 34.9 Å². The highest BCUT2D eigenvalue weighted by Gasteiger charge is 2.24. The summed E-state index contributed by atoms with van der Waals surface area (Å²) in [4.78, 5) is 2.24. The van der Waals surface area contributed by atoms with E-state index < -0.39 is 6.10 Å². The van der Waals surface area contributed by atoms with E-state index in [1.807, 2.05) is 31.2 Å². The van der Waals surface area contributed by atoms with Crippen LogP contribution in [0.4, 0.5) is 0 Å². The van der Waals surface area contributed by atoms with Crippen LogP contribution in [0.1, 0.15) is 32.4 Å². The van der Waals surface area contributed by atoms with E-state index in [0.717, 1.165) is 18.7 Å². The van der Waals surface area contributed by atoms with Crippen molar-refractivity contribution in [3.63, 3.8) is 0 Å². The summed E-state index contributed by atoms with van der Waals surface area (Å²) in [6, 6.07) is 7.60. The molecule has 1 aromatic rings. The molecule has 1 heterocycles. The molecule has 2 rings (SSSR count). The van der Waals surface area contributed by atoms with Crippen LogP contribution in [0, 0.1) is 0 Å². The molecule has 1 fully saturated rings. The molecule has 0 radical (unpaired) electrons. The molecule has 1 saturated heterocycles. The second kappa shape index (κ2) is 8.27. The zero-order valence-electron chi connectivity index (χ0n) is 13.5. The summed E-state index contributed by atoms with van der Waals surface area (Å²) >= 11 is 5.88. The molecule has 0 saturated carbocycles. The highest BCUT2D eigenvalue weighted by Crippen LogP contribution is 2.19. The van der Waals surface area contributed by atoms with Crippen molar-refractivity contribution in [2.45, 2.75) is 45.2 Å². The van der Waals surface area contributed by atoms with Gasteiger partial charge in [-0.05, 0) is 38.5 Å². The van der Waals surface area contributed by atoms with E-state index in [1.165, 1.54) is 0 Å². The molecule has 124 valence electrons. The van der Waals surface area contributed by atoms with E-state index >= 15 is 0 Å². The van der Waals surface area contributed by atoms with Crippen LogP contribution in [0.15, 0.2) is 24.3 Å². The lowest BCUT2D eigenvalue weighted by Crippen LogP contribution is -2.48. The van der Waals surface area contributed by atoms with Gasteiger partial charge in [0.15, 0.2) is 0 Å². The Bertz CT molecular complexity index is 444. The third-order valence-corrected chi connectivity index (χ3v) is 4.09. The van der Waals surface area contributed by atoms with E-state index in [0.29, 0.717) is 18.2 Å². The Morgan fingerprint density at radius 1 is 1.27 bits per heavy atom. The van der Waals surface area contributed by atoms with Crippen molar-refractivity contribution >= 4 is 11.6 Å². The minimum Gasteiger partial charge on any atom is -0.389 e. The van der Waals surface area contributed by atoms with Crippen molar-refractivity contribution in [1.82, 2.24) is 4.90 Å². The minimum absolute atomic E-state index is 0.0607. The summed E-state index contributed by atoms with van der Waals surface area (Å²) in [6.45, 7) is 8.76. The molecule has 0 bridgehead atoms. The Hall–Kier alpha value is -0.650. The Labute approximate surface area is 138 Å². The van der Waals surface area contributed by atoms with Gasteiger partial charge in [0.25, 0.3) is 0 Å². The summed E-state index contributed by atoms with van der Waals surface area (Å²) in [5, 5.41) is 10.9. The van der Waals surface area contributed by atoms with Crippen LogP contribution in [-0.4, -0.2) is 54.6 Å². The number of ether oxygens (including phenoxy) is 2. The lowest BCUT2D eigenvalue weighted by atomic mass is 10.1. The number of rotatable bonds is 6. The molecule has 22 heavy (non-hydrogen) atoms. The average Bonchev–Trinajstić information content (AvgIpc) is 2.44. The Kier molecular flexibility index (Phi) is 6.66. The predicted molar refractivity (Wildman–Crippen MR) is 88.3 cm³/mol. The van der Waals surface area contributed by atoms with Gasteiger partial charge >= 0.3 is 0 Å². The first kappa shape index (κ1) is 17.7. The Morgan fingerprint density at radius 3 is 2.45 bits per heavy atom. The van der Waals surface area contributed by atoms with Crippen LogP contribution in [0.25, 0.3) is 0 Å². The molecule has 4 nitrogen and oxygen atoms in total. The molecule has 0 aliphatic carbocycles. The van der Waals surface area contributed by atoms with Crippen LogP contribution in [0.5, 0.6) is 0 Å². The zero-order valence-corrected chi connectivity index (χ0v) is 14.3. The van der Waals surface area contributed by atoms with E-state index in [2.05, 4.69) is 18.7 Å². The summed E-state index contributed by atoms with van der Waals surface area (Å²) in [6.07, 6.45) is -0.128. The van der Waals surface area contributed by atoms with Gasteiger partial charge in [0.2, 0.25) is 0 Å². The zero-order chi connectivity index (χ0) is 16.1. The summed E-state index contributed by atoms with van der Waals surface area (Å²) in [5.41, 5.74) is 1.06. The fourth-order valence-electron chi connectivity index (χ4n) is 2.87. The highest BCUT2D eigenvalue weighted by atomic mass is 35.5. The SMILES string of the molecule is C[C@@H]1CN(C[C@H](O)CO[C@H](C)c2ccc(Cl)cc2)C[C@H](C)O1. The van der Waals surface area contributed by atoms with Gasteiger partial charge in [-0.25, -0.2) is 0 Å². The Balaban J connectivity index is 1.75. The van der Waals surface area contributed by atoms with Crippen molar-refractivity contribution in [2.75, 3.05) is 26.2 Å². The minimum atomic E-state index is -0.493. The van der Waals surface area contributed by atoms with Gasteiger partial charge in [0, 0.05) is 24.7 Å². The second-order valence-corrected chi connectivity index (χ2v) is 6.59. The lowest BCUT2D eigenvalue weighted by Gasteiger charge is -2.36. The molecule has 0 spiro atoms. The molecule has 0 unspecified atom stereocenters. The van der Waals surface area contributed by atoms with Crippen LogP contribution >= 0.6 is 11.6 Å². The van der Waals surface area contributed by atoms with Crippen LogP contribution < -0.4 is 0 Å². The fourth-order valence-corrected chi connectivity index (χ4v) is 3.00. The lowest BCUT2D eigenvalue weighted by molar-refractivity contribution is -0.0852. The maximum Gasteiger partial charge on any atom is 0.0900 e. The van der Waals surface area contributed by atoms with Gasteiger partial charge in [0.05, 0.1) is 31.0 Å². The molecular formula is C17H26ClNO3. The third kappa shape index (κ3) is 5.52. The number of aliphatic hydroxyl groups is 1.